The molecule has 9 nitrogen and oxygen atoms in total. The molecular formula is C41H45N5O4. The van der Waals surface area contributed by atoms with Gasteiger partial charge in [0, 0.05) is 70.2 Å². The van der Waals surface area contributed by atoms with Gasteiger partial charge in [-0.25, -0.2) is 9.13 Å². The Hall–Kier alpha value is -5.31. The summed E-state index contributed by atoms with van der Waals surface area (Å²) in [5.41, 5.74) is 4.57. The maximum atomic E-state index is 12.9. The number of imidazole rings is 1. The minimum absolute atomic E-state index is 0. The van der Waals surface area contributed by atoms with E-state index >= 15 is 0 Å². The first-order chi connectivity index (χ1) is 23.9. The lowest BCUT2D eigenvalue weighted by molar-refractivity contribution is -0.696. The van der Waals surface area contributed by atoms with Crippen LogP contribution in [-0.4, -0.2) is 57.6 Å². The highest BCUT2D eigenvalue weighted by Gasteiger charge is 2.33. The molecule has 1 aromatic heterocycles. The van der Waals surface area contributed by atoms with Gasteiger partial charge >= 0.3 is 0 Å². The first-order valence-corrected chi connectivity index (χ1v) is 17.5. The number of aromatic nitrogens is 2. The number of carbonyl (C=O) groups excluding carboxylic acids is 4. The van der Waals surface area contributed by atoms with E-state index in [9.17, 15) is 19.2 Å². The zero-order chi connectivity index (χ0) is 34.1. The summed E-state index contributed by atoms with van der Waals surface area (Å²) in [7, 11) is 0. The number of benzene rings is 4. The number of carbonyl (C=O) groups is 4. The standard InChI is InChI=1S/C40H41N5O4.CH3/c1-3-44-37(46)30-15-9-13-28-27(17-18-32(35(28)30)39(44)48)12-7-5-6-8-22-42-24-25-43(26-42)23-11-21-41-34-20-19-33-36-29(34)14-10-16-31(36)38(47)45(4-2)40(33)49;/h9-10,13-20,24-26H,3-8,11-12,21-23H2,1-2H3;1H3/q;-1/p+1. The third kappa shape index (κ3) is 6.17. The number of anilines is 1. The van der Waals surface area contributed by atoms with Gasteiger partial charge in [-0.2, -0.15) is 0 Å². The number of nitrogens with one attached hydrogen (secondary N) is 1. The largest absolute Gasteiger partial charge is 0.384 e. The van der Waals surface area contributed by atoms with Crippen molar-refractivity contribution >= 4 is 50.9 Å². The fourth-order valence-electron chi connectivity index (χ4n) is 7.45. The second-order valence-corrected chi connectivity index (χ2v) is 12.9. The summed E-state index contributed by atoms with van der Waals surface area (Å²) in [6.07, 6.45) is 12.7. The molecule has 3 heterocycles. The summed E-state index contributed by atoms with van der Waals surface area (Å²) in [4.78, 5) is 54.3. The Balaban J connectivity index is 0.00000432. The highest BCUT2D eigenvalue weighted by molar-refractivity contribution is 6.27. The molecule has 7 rings (SSSR count). The second kappa shape index (κ2) is 14.7. The van der Waals surface area contributed by atoms with E-state index in [0.717, 1.165) is 85.4 Å². The van der Waals surface area contributed by atoms with Gasteiger partial charge in [0.25, 0.3) is 23.6 Å². The number of nitrogens with zero attached hydrogens (tertiary/aromatic N) is 4. The van der Waals surface area contributed by atoms with E-state index < -0.39 is 0 Å². The number of unbranched alkanes of at least 4 members (excludes halogenated alkanes) is 3. The van der Waals surface area contributed by atoms with Crippen molar-refractivity contribution in [3.63, 3.8) is 0 Å². The van der Waals surface area contributed by atoms with E-state index in [4.69, 9.17) is 0 Å². The lowest BCUT2D eigenvalue weighted by Crippen LogP contribution is -2.40. The zero-order valence-electron chi connectivity index (χ0n) is 29.2. The Labute approximate surface area is 293 Å². The van der Waals surface area contributed by atoms with Crippen LogP contribution >= 0.6 is 0 Å². The van der Waals surface area contributed by atoms with Crippen LogP contribution in [0, 0.1) is 7.43 Å². The first-order valence-electron chi connectivity index (χ1n) is 17.5. The molecule has 0 atom stereocenters. The third-order valence-corrected chi connectivity index (χ3v) is 9.97. The molecule has 5 aromatic rings. The monoisotopic (exact) mass is 671 g/mol. The van der Waals surface area contributed by atoms with E-state index in [0.29, 0.717) is 35.3 Å². The molecule has 4 amide bonds. The van der Waals surface area contributed by atoms with Crippen LogP contribution in [0.15, 0.2) is 79.4 Å². The molecule has 0 bridgehead atoms. The Morgan fingerprint density at radius 1 is 0.640 bits per heavy atom. The molecule has 50 heavy (non-hydrogen) atoms. The van der Waals surface area contributed by atoms with Gasteiger partial charge in [-0.15, -0.1) is 0 Å². The highest BCUT2D eigenvalue weighted by Crippen LogP contribution is 2.35. The minimum atomic E-state index is -0.227. The van der Waals surface area contributed by atoms with Gasteiger partial charge in [-0.1, -0.05) is 36.8 Å². The average molecular weight is 672 g/mol. The Kier molecular flexibility index (Phi) is 10.1. The van der Waals surface area contributed by atoms with Crippen molar-refractivity contribution in [2.24, 2.45) is 0 Å². The summed E-state index contributed by atoms with van der Waals surface area (Å²) < 4.78 is 4.45. The van der Waals surface area contributed by atoms with Crippen LogP contribution in [0.4, 0.5) is 5.69 Å². The topological polar surface area (TPSA) is 95.6 Å². The molecule has 1 N–H and O–H groups in total. The van der Waals surface area contributed by atoms with Gasteiger partial charge in [0.2, 0.25) is 6.33 Å². The van der Waals surface area contributed by atoms with E-state index in [1.165, 1.54) is 15.4 Å². The minimum Gasteiger partial charge on any atom is -0.384 e. The molecule has 0 fully saturated rings. The van der Waals surface area contributed by atoms with Crippen molar-refractivity contribution in [1.82, 2.24) is 14.4 Å². The quantitative estimate of drug-likeness (QED) is 0.0590. The summed E-state index contributed by atoms with van der Waals surface area (Å²) >= 11 is 0. The molecule has 0 radical (unpaired) electrons. The summed E-state index contributed by atoms with van der Waals surface area (Å²) in [6, 6.07) is 19.2. The SMILES string of the molecule is CCN1C(=O)c2cccc3c(CCCCCCn4cc[n+](CCCNc5ccc6c7c(cccc57)C(=O)N(CC)C6=O)c4)ccc(c23)C1=O.[CH3-]. The van der Waals surface area contributed by atoms with Crippen LogP contribution in [0.1, 0.15) is 92.9 Å². The van der Waals surface area contributed by atoms with Crippen LogP contribution in [0.5, 0.6) is 0 Å². The summed E-state index contributed by atoms with van der Waals surface area (Å²) in [6.45, 7) is 7.00. The van der Waals surface area contributed by atoms with Crippen molar-refractivity contribution in [2.75, 3.05) is 25.0 Å². The molecule has 0 unspecified atom stereocenters. The van der Waals surface area contributed by atoms with E-state index in [1.807, 2.05) is 62.4 Å². The molecule has 0 saturated carbocycles. The van der Waals surface area contributed by atoms with Crippen LogP contribution in [-0.2, 0) is 19.5 Å². The van der Waals surface area contributed by atoms with Crippen molar-refractivity contribution in [3.8, 4) is 0 Å². The lowest BCUT2D eigenvalue weighted by atomic mass is 9.90. The first kappa shape index (κ1) is 34.5. The molecule has 9 heteroatoms. The van der Waals surface area contributed by atoms with E-state index in [-0.39, 0.29) is 31.1 Å². The zero-order valence-corrected chi connectivity index (χ0v) is 29.2. The smallest absolute Gasteiger partial charge is 0.261 e. The van der Waals surface area contributed by atoms with Gasteiger partial charge < -0.3 is 12.7 Å². The second-order valence-electron chi connectivity index (χ2n) is 12.9. The molecule has 0 aliphatic carbocycles. The predicted molar refractivity (Wildman–Crippen MR) is 196 cm³/mol. The third-order valence-electron chi connectivity index (χ3n) is 9.97. The van der Waals surface area contributed by atoms with Crippen molar-refractivity contribution < 1.29 is 23.7 Å². The number of amides is 4. The Morgan fingerprint density at radius 2 is 1.22 bits per heavy atom. The number of hydrogen-bond acceptors (Lipinski definition) is 5. The van der Waals surface area contributed by atoms with Gasteiger partial charge in [-0.3, -0.25) is 29.0 Å². The normalized spacial score (nSPS) is 13.8. The number of aryl methyl sites for hydroxylation is 3. The van der Waals surface area contributed by atoms with E-state index in [2.05, 4.69) is 39.2 Å². The predicted octanol–water partition coefficient (Wildman–Crippen LogP) is 7.07. The highest BCUT2D eigenvalue weighted by atomic mass is 16.2. The molecule has 4 aromatic carbocycles. The maximum absolute atomic E-state index is 12.9. The number of imide groups is 2. The van der Waals surface area contributed by atoms with Crippen molar-refractivity contribution in [3.05, 3.63) is 115 Å². The molecule has 2 aliphatic heterocycles. The van der Waals surface area contributed by atoms with Crippen LogP contribution < -0.4 is 9.88 Å². The van der Waals surface area contributed by atoms with Gasteiger partial charge in [0.05, 0.1) is 13.1 Å². The summed E-state index contributed by atoms with van der Waals surface area (Å²) in [5.74, 6) is -0.847. The molecule has 0 spiro atoms. The summed E-state index contributed by atoms with van der Waals surface area (Å²) in [5, 5.41) is 7.02. The van der Waals surface area contributed by atoms with Gasteiger partial charge in [0.15, 0.2) is 0 Å². The van der Waals surface area contributed by atoms with Gasteiger partial charge in [-0.05, 0) is 80.8 Å². The van der Waals surface area contributed by atoms with Crippen molar-refractivity contribution in [2.45, 2.75) is 65.5 Å². The molecule has 258 valence electrons. The fourth-order valence-corrected chi connectivity index (χ4v) is 7.45. The van der Waals surface area contributed by atoms with Crippen LogP contribution in [0.3, 0.4) is 0 Å². The molecule has 2 aliphatic rings. The average Bonchev–Trinajstić information content (AvgIpc) is 3.57. The van der Waals surface area contributed by atoms with Gasteiger partial charge in [0.1, 0.15) is 12.4 Å². The van der Waals surface area contributed by atoms with Crippen molar-refractivity contribution in [1.29, 1.82) is 0 Å². The number of hydrogen-bond donors (Lipinski definition) is 1. The lowest BCUT2D eigenvalue weighted by Gasteiger charge is -2.26. The Morgan fingerprint density at radius 3 is 1.88 bits per heavy atom. The van der Waals surface area contributed by atoms with Crippen LogP contribution in [0.25, 0.3) is 21.5 Å². The van der Waals surface area contributed by atoms with E-state index in [1.54, 1.807) is 6.07 Å². The Bertz CT molecular complexity index is 2070. The molecule has 0 saturated heterocycles. The maximum Gasteiger partial charge on any atom is 0.261 e. The molecular weight excluding hydrogens is 626 g/mol. The van der Waals surface area contributed by atoms with Crippen LogP contribution in [0.2, 0.25) is 0 Å². The number of rotatable bonds is 14. The fraction of sp³-hybridized carbons (Fsp3) is 0.317.